The zero-order valence-corrected chi connectivity index (χ0v) is 14.6. The van der Waals surface area contributed by atoms with Gasteiger partial charge in [0.2, 0.25) is 0 Å². The molecule has 0 radical (unpaired) electrons. The molecule has 2 heteroatoms. The average Bonchev–Trinajstić information content (AvgIpc) is 2.53. The summed E-state index contributed by atoms with van der Waals surface area (Å²) in [6.45, 7) is 7.77. The zero-order chi connectivity index (χ0) is 15.0. The van der Waals surface area contributed by atoms with Gasteiger partial charge in [-0.15, -0.1) is 0 Å². The molecule has 1 heterocycles. The van der Waals surface area contributed by atoms with Crippen LogP contribution in [0.15, 0.2) is 0 Å². The molecular formula is C19H39NO. The van der Waals surface area contributed by atoms with E-state index in [1.165, 1.54) is 90.0 Å². The highest BCUT2D eigenvalue weighted by Crippen LogP contribution is 2.12. The van der Waals surface area contributed by atoms with Crippen LogP contribution in [0, 0.1) is 0 Å². The van der Waals surface area contributed by atoms with Crippen LogP contribution in [0.25, 0.3) is 0 Å². The standard InChI is InChI=1S/C19H39NO/c1-2-3-4-5-6-7-8-9-10-11-12-13-14-15-20-16-18-21-19-17-20/h2-19H2,1H3. The first-order chi connectivity index (χ1) is 10.4. The topological polar surface area (TPSA) is 12.5 Å². The molecule has 1 saturated heterocycles. The first kappa shape index (κ1) is 19.0. The molecule has 0 spiro atoms. The number of rotatable bonds is 14. The normalized spacial score (nSPS) is 16.4. The van der Waals surface area contributed by atoms with Crippen molar-refractivity contribution in [1.29, 1.82) is 0 Å². The van der Waals surface area contributed by atoms with Crippen molar-refractivity contribution in [3.8, 4) is 0 Å². The molecule has 0 atom stereocenters. The van der Waals surface area contributed by atoms with E-state index in [4.69, 9.17) is 4.74 Å². The fourth-order valence-electron chi connectivity index (χ4n) is 3.18. The summed E-state index contributed by atoms with van der Waals surface area (Å²) in [5.74, 6) is 0. The molecule has 0 bridgehead atoms. The van der Waals surface area contributed by atoms with E-state index in [9.17, 15) is 0 Å². The Hall–Kier alpha value is -0.0800. The largest absolute Gasteiger partial charge is 0.379 e. The molecular weight excluding hydrogens is 258 g/mol. The average molecular weight is 298 g/mol. The molecule has 1 aliphatic heterocycles. The van der Waals surface area contributed by atoms with E-state index in [0.717, 1.165) is 26.3 Å². The van der Waals surface area contributed by atoms with Crippen molar-refractivity contribution in [3.63, 3.8) is 0 Å². The lowest BCUT2D eigenvalue weighted by atomic mass is 10.0. The van der Waals surface area contributed by atoms with E-state index in [0.29, 0.717) is 0 Å². The minimum absolute atomic E-state index is 0.943. The van der Waals surface area contributed by atoms with Crippen LogP contribution in [0.5, 0.6) is 0 Å². The molecule has 21 heavy (non-hydrogen) atoms. The molecule has 1 aliphatic rings. The first-order valence-corrected chi connectivity index (χ1v) is 9.73. The van der Waals surface area contributed by atoms with Crippen LogP contribution >= 0.6 is 0 Å². The van der Waals surface area contributed by atoms with E-state index >= 15 is 0 Å². The maximum absolute atomic E-state index is 5.38. The second-order valence-electron chi connectivity index (χ2n) is 6.70. The van der Waals surface area contributed by atoms with Gasteiger partial charge in [-0.2, -0.15) is 0 Å². The summed E-state index contributed by atoms with van der Waals surface area (Å²) in [5.41, 5.74) is 0. The van der Waals surface area contributed by atoms with Crippen molar-refractivity contribution in [2.75, 3.05) is 32.8 Å². The van der Waals surface area contributed by atoms with Crippen molar-refractivity contribution in [3.05, 3.63) is 0 Å². The SMILES string of the molecule is CCCCCCCCCCCCCCCN1CCOCC1. The van der Waals surface area contributed by atoms with Crippen LogP contribution in [-0.4, -0.2) is 37.7 Å². The van der Waals surface area contributed by atoms with Gasteiger partial charge in [-0.1, -0.05) is 84.0 Å². The number of ether oxygens (including phenoxy) is 1. The summed E-state index contributed by atoms with van der Waals surface area (Å²) >= 11 is 0. The lowest BCUT2D eigenvalue weighted by molar-refractivity contribution is 0.0371. The fourth-order valence-corrected chi connectivity index (χ4v) is 3.18. The molecule has 0 unspecified atom stereocenters. The second-order valence-corrected chi connectivity index (χ2v) is 6.70. The molecule has 0 amide bonds. The van der Waals surface area contributed by atoms with Crippen molar-refractivity contribution < 1.29 is 4.74 Å². The third-order valence-electron chi connectivity index (χ3n) is 4.68. The number of unbranched alkanes of at least 4 members (excludes halogenated alkanes) is 12. The van der Waals surface area contributed by atoms with Gasteiger partial charge in [-0.3, -0.25) is 4.90 Å². The third kappa shape index (κ3) is 12.2. The monoisotopic (exact) mass is 297 g/mol. The minimum Gasteiger partial charge on any atom is -0.379 e. The maximum atomic E-state index is 5.38. The lowest BCUT2D eigenvalue weighted by Crippen LogP contribution is -2.36. The molecule has 0 saturated carbocycles. The van der Waals surface area contributed by atoms with Crippen LogP contribution in [0.3, 0.4) is 0 Å². The highest BCUT2D eigenvalue weighted by molar-refractivity contribution is 4.61. The van der Waals surface area contributed by atoms with Gasteiger partial charge in [0, 0.05) is 13.1 Å². The summed E-state index contributed by atoms with van der Waals surface area (Å²) in [5, 5.41) is 0. The van der Waals surface area contributed by atoms with E-state index in [2.05, 4.69) is 11.8 Å². The number of hydrogen-bond donors (Lipinski definition) is 0. The van der Waals surface area contributed by atoms with Crippen LogP contribution in [0.2, 0.25) is 0 Å². The summed E-state index contributed by atoms with van der Waals surface area (Å²) in [6, 6.07) is 0. The van der Waals surface area contributed by atoms with Gasteiger partial charge in [0.05, 0.1) is 13.2 Å². The molecule has 1 rings (SSSR count). The fraction of sp³-hybridized carbons (Fsp3) is 1.00. The predicted octanol–water partition coefficient (Wildman–Crippen LogP) is 5.41. The van der Waals surface area contributed by atoms with Crippen LogP contribution in [0.1, 0.15) is 90.4 Å². The van der Waals surface area contributed by atoms with E-state index in [1.807, 2.05) is 0 Å². The highest BCUT2D eigenvalue weighted by atomic mass is 16.5. The Labute approximate surface area is 133 Å². The van der Waals surface area contributed by atoms with Crippen molar-refractivity contribution in [2.45, 2.75) is 90.4 Å². The summed E-state index contributed by atoms with van der Waals surface area (Å²) in [7, 11) is 0. The number of hydrogen-bond acceptors (Lipinski definition) is 2. The van der Waals surface area contributed by atoms with Crippen LogP contribution < -0.4 is 0 Å². The summed E-state index contributed by atoms with van der Waals surface area (Å²) in [6.07, 6.45) is 18.8. The van der Waals surface area contributed by atoms with E-state index in [-0.39, 0.29) is 0 Å². The Morgan fingerprint density at radius 3 is 1.52 bits per heavy atom. The highest BCUT2D eigenvalue weighted by Gasteiger charge is 2.08. The molecule has 0 N–H and O–H groups in total. The van der Waals surface area contributed by atoms with Gasteiger partial charge in [0.1, 0.15) is 0 Å². The smallest absolute Gasteiger partial charge is 0.0594 e. The molecule has 2 nitrogen and oxygen atoms in total. The number of morpholine rings is 1. The van der Waals surface area contributed by atoms with Gasteiger partial charge in [0.15, 0.2) is 0 Å². The van der Waals surface area contributed by atoms with Gasteiger partial charge in [0.25, 0.3) is 0 Å². The molecule has 1 fully saturated rings. The van der Waals surface area contributed by atoms with E-state index in [1.54, 1.807) is 0 Å². The minimum atomic E-state index is 0.943. The summed E-state index contributed by atoms with van der Waals surface area (Å²) in [4.78, 5) is 2.56. The molecule has 0 aliphatic carbocycles. The van der Waals surface area contributed by atoms with Crippen LogP contribution in [0.4, 0.5) is 0 Å². The van der Waals surface area contributed by atoms with Crippen LogP contribution in [-0.2, 0) is 4.74 Å². The molecule has 0 aromatic carbocycles. The Morgan fingerprint density at radius 1 is 0.619 bits per heavy atom. The molecule has 126 valence electrons. The quantitative estimate of drug-likeness (QED) is 0.397. The zero-order valence-electron chi connectivity index (χ0n) is 14.6. The maximum Gasteiger partial charge on any atom is 0.0594 e. The first-order valence-electron chi connectivity index (χ1n) is 9.73. The van der Waals surface area contributed by atoms with Gasteiger partial charge < -0.3 is 4.74 Å². The Bertz CT molecular complexity index is 202. The second kappa shape index (κ2) is 14.8. The Morgan fingerprint density at radius 2 is 1.05 bits per heavy atom. The third-order valence-corrected chi connectivity index (χ3v) is 4.68. The Kier molecular flexibility index (Phi) is 13.4. The number of nitrogens with zero attached hydrogens (tertiary/aromatic N) is 1. The van der Waals surface area contributed by atoms with E-state index < -0.39 is 0 Å². The van der Waals surface area contributed by atoms with Crippen molar-refractivity contribution >= 4 is 0 Å². The lowest BCUT2D eigenvalue weighted by Gasteiger charge is -2.26. The van der Waals surface area contributed by atoms with Gasteiger partial charge in [-0.05, 0) is 13.0 Å². The van der Waals surface area contributed by atoms with Crippen molar-refractivity contribution in [2.24, 2.45) is 0 Å². The molecule has 0 aromatic heterocycles. The Balaban J connectivity index is 1.69. The van der Waals surface area contributed by atoms with Crippen molar-refractivity contribution in [1.82, 2.24) is 4.90 Å². The van der Waals surface area contributed by atoms with Gasteiger partial charge in [-0.25, -0.2) is 0 Å². The predicted molar refractivity (Wildman–Crippen MR) is 93.0 cm³/mol. The summed E-state index contributed by atoms with van der Waals surface area (Å²) < 4.78 is 5.38. The molecule has 0 aromatic rings. The van der Waals surface area contributed by atoms with Gasteiger partial charge >= 0.3 is 0 Å².